The van der Waals surface area contributed by atoms with Gasteiger partial charge < -0.3 is 14.2 Å². The van der Waals surface area contributed by atoms with E-state index in [9.17, 15) is 4.79 Å². The van der Waals surface area contributed by atoms with E-state index < -0.39 is 0 Å². The van der Waals surface area contributed by atoms with Gasteiger partial charge in [-0.3, -0.25) is 4.79 Å². The van der Waals surface area contributed by atoms with Crippen molar-refractivity contribution in [3.63, 3.8) is 0 Å². The molecule has 1 aliphatic carbocycles. The maximum absolute atomic E-state index is 11.8. The van der Waals surface area contributed by atoms with Crippen LogP contribution in [0.4, 0.5) is 0 Å². The Labute approximate surface area is 112 Å². The van der Waals surface area contributed by atoms with E-state index in [1.807, 2.05) is 0 Å². The van der Waals surface area contributed by atoms with E-state index in [0.29, 0.717) is 42.8 Å². The second kappa shape index (κ2) is 5.51. The number of fused-ring (bicyclic) bond motifs is 1. The van der Waals surface area contributed by atoms with Crippen LogP contribution in [0.3, 0.4) is 0 Å². The van der Waals surface area contributed by atoms with Gasteiger partial charge in [-0.1, -0.05) is 12.8 Å². The lowest BCUT2D eigenvalue weighted by molar-refractivity contribution is -0.135. The van der Waals surface area contributed by atoms with E-state index in [1.54, 1.807) is 18.2 Å². The molecule has 0 atom stereocenters. The van der Waals surface area contributed by atoms with Crippen LogP contribution in [0.2, 0.25) is 0 Å². The van der Waals surface area contributed by atoms with Gasteiger partial charge in [-0.2, -0.15) is 0 Å². The number of ether oxygens (including phenoxy) is 3. The van der Waals surface area contributed by atoms with Crippen molar-refractivity contribution in [3.8, 4) is 17.2 Å². The van der Waals surface area contributed by atoms with E-state index in [1.165, 1.54) is 12.8 Å². The highest BCUT2D eigenvalue weighted by Crippen LogP contribution is 2.34. The van der Waals surface area contributed by atoms with Gasteiger partial charge in [0.2, 0.25) is 0 Å². The van der Waals surface area contributed by atoms with E-state index in [4.69, 9.17) is 14.2 Å². The van der Waals surface area contributed by atoms with E-state index in [0.717, 1.165) is 12.8 Å². The fraction of sp³-hybridized carbons (Fsp3) is 0.533. The average molecular weight is 262 g/mol. The second-order valence-corrected chi connectivity index (χ2v) is 5.13. The monoisotopic (exact) mass is 262 g/mol. The van der Waals surface area contributed by atoms with Crippen molar-refractivity contribution < 1.29 is 19.0 Å². The first-order valence-electron chi connectivity index (χ1n) is 6.91. The van der Waals surface area contributed by atoms with Gasteiger partial charge in [0.05, 0.1) is 0 Å². The predicted octanol–water partition coefficient (Wildman–Crippen LogP) is 2.94. The van der Waals surface area contributed by atoms with Gasteiger partial charge in [0.25, 0.3) is 0 Å². The highest BCUT2D eigenvalue weighted by Gasteiger charge is 2.20. The van der Waals surface area contributed by atoms with Crippen molar-refractivity contribution >= 4 is 5.97 Å². The molecular weight excluding hydrogens is 244 g/mol. The molecule has 1 aromatic rings. The number of esters is 1. The number of benzene rings is 1. The third-order valence-electron chi connectivity index (χ3n) is 3.68. The van der Waals surface area contributed by atoms with Crippen LogP contribution in [-0.2, 0) is 4.79 Å². The summed E-state index contributed by atoms with van der Waals surface area (Å²) in [6.45, 7) is 1.10. The molecule has 0 bridgehead atoms. The van der Waals surface area contributed by atoms with Gasteiger partial charge in [-0.25, -0.2) is 0 Å². The molecule has 1 fully saturated rings. The third kappa shape index (κ3) is 3.00. The second-order valence-electron chi connectivity index (χ2n) is 5.13. The summed E-state index contributed by atoms with van der Waals surface area (Å²) in [7, 11) is 0. The maximum Gasteiger partial charge on any atom is 0.311 e. The molecule has 19 heavy (non-hydrogen) atoms. The van der Waals surface area contributed by atoms with Crippen molar-refractivity contribution in [2.75, 3.05) is 13.2 Å². The Morgan fingerprint density at radius 1 is 1.16 bits per heavy atom. The first-order valence-corrected chi connectivity index (χ1v) is 6.91. The molecule has 0 amide bonds. The SMILES string of the molecule is O=C(CC1CCCC1)Oc1ccc2c(c1)OCCO2. The zero-order valence-electron chi connectivity index (χ0n) is 10.9. The van der Waals surface area contributed by atoms with Crippen LogP contribution in [0, 0.1) is 5.92 Å². The van der Waals surface area contributed by atoms with Crippen LogP contribution < -0.4 is 14.2 Å². The molecule has 1 saturated carbocycles. The topological polar surface area (TPSA) is 44.8 Å². The van der Waals surface area contributed by atoms with Gasteiger partial charge >= 0.3 is 5.97 Å². The van der Waals surface area contributed by atoms with Crippen LogP contribution in [0.25, 0.3) is 0 Å². The maximum atomic E-state index is 11.8. The first-order chi connectivity index (χ1) is 9.31. The zero-order valence-corrected chi connectivity index (χ0v) is 10.9. The van der Waals surface area contributed by atoms with Gasteiger partial charge in [0.1, 0.15) is 19.0 Å². The normalized spacial score (nSPS) is 18.3. The number of hydrogen-bond donors (Lipinski definition) is 0. The lowest BCUT2D eigenvalue weighted by atomic mass is 10.0. The molecular formula is C15H18O4. The van der Waals surface area contributed by atoms with Crippen molar-refractivity contribution in [2.24, 2.45) is 5.92 Å². The summed E-state index contributed by atoms with van der Waals surface area (Å²) in [5.41, 5.74) is 0. The minimum atomic E-state index is -0.149. The van der Waals surface area contributed by atoms with Crippen LogP contribution >= 0.6 is 0 Å². The van der Waals surface area contributed by atoms with Crippen molar-refractivity contribution in [3.05, 3.63) is 18.2 Å². The van der Waals surface area contributed by atoms with Crippen LogP contribution in [0.5, 0.6) is 17.2 Å². The summed E-state index contributed by atoms with van der Waals surface area (Å²) in [5, 5.41) is 0. The molecule has 4 nitrogen and oxygen atoms in total. The summed E-state index contributed by atoms with van der Waals surface area (Å²) in [6, 6.07) is 5.26. The third-order valence-corrected chi connectivity index (χ3v) is 3.68. The molecule has 1 heterocycles. The Balaban J connectivity index is 1.61. The van der Waals surface area contributed by atoms with Gasteiger partial charge in [-0.05, 0) is 30.9 Å². The van der Waals surface area contributed by atoms with Crippen molar-refractivity contribution in [2.45, 2.75) is 32.1 Å². The minimum absolute atomic E-state index is 0.149. The Hall–Kier alpha value is -1.71. The van der Waals surface area contributed by atoms with Crippen molar-refractivity contribution in [1.29, 1.82) is 0 Å². The Morgan fingerprint density at radius 3 is 2.68 bits per heavy atom. The van der Waals surface area contributed by atoms with E-state index in [-0.39, 0.29) is 5.97 Å². The quantitative estimate of drug-likeness (QED) is 0.620. The number of hydrogen-bond acceptors (Lipinski definition) is 4. The Kier molecular flexibility index (Phi) is 3.58. The van der Waals surface area contributed by atoms with E-state index in [2.05, 4.69) is 0 Å². The largest absolute Gasteiger partial charge is 0.486 e. The lowest BCUT2D eigenvalue weighted by Gasteiger charge is -2.18. The van der Waals surface area contributed by atoms with E-state index >= 15 is 0 Å². The van der Waals surface area contributed by atoms with Gasteiger partial charge in [0, 0.05) is 12.5 Å². The molecule has 0 unspecified atom stereocenters. The molecule has 0 radical (unpaired) electrons. The number of carbonyl (C=O) groups excluding carboxylic acids is 1. The average Bonchev–Trinajstić information content (AvgIpc) is 2.91. The van der Waals surface area contributed by atoms with Crippen molar-refractivity contribution in [1.82, 2.24) is 0 Å². The van der Waals surface area contributed by atoms with Crippen LogP contribution in [0.1, 0.15) is 32.1 Å². The summed E-state index contributed by atoms with van der Waals surface area (Å²) < 4.78 is 16.3. The molecule has 0 aromatic heterocycles. The predicted molar refractivity (Wildman–Crippen MR) is 69.6 cm³/mol. The Morgan fingerprint density at radius 2 is 1.89 bits per heavy atom. The van der Waals surface area contributed by atoms with Gasteiger partial charge in [-0.15, -0.1) is 0 Å². The highest BCUT2D eigenvalue weighted by atomic mass is 16.6. The molecule has 4 heteroatoms. The number of carbonyl (C=O) groups is 1. The van der Waals surface area contributed by atoms with Gasteiger partial charge in [0.15, 0.2) is 11.5 Å². The summed E-state index contributed by atoms with van der Waals surface area (Å²) in [4.78, 5) is 11.8. The Bertz CT molecular complexity index is 463. The minimum Gasteiger partial charge on any atom is -0.486 e. The fourth-order valence-electron chi connectivity index (χ4n) is 2.71. The standard InChI is InChI=1S/C15H18O4/c16-15(9-11-3-1-2-4-11)19-12-5-6-13-14(10-12)18-8-7-17-13/h5-6,10-11H,1-4,7-9H2. The fourth-order valence-corrected chi connectivity index (χ4v) is 2.71. The van der Waals surface area contributed by atoms with Crippen LogP contribution in [-0.4, -0.2) is 19.2 Å². The highest BCUT2D eigenvalue weighted by molar-refractivity contribution is 5.73. The molecule has 2 aliphatic rings. The zero-order chi connectivity index (χ0) is 13.1. The molecule has 102 valence electrons. The smallest absolute Gasteiger partial charge is 0.311 e. The number of rotatable bonds is 3. The first kappa shape index (κ1) is 12.3. The molecule has 0 N–H and O–H groups in total. The summed E-state index contributed by atoms with van der Waals surface area (Å²) >= 11 is 0. The molecule has 0 spiro atoms. The summed E-state index contributed by atoms with van der Waals surface area (Å²) in [6.07, 6.45) is 5.30. The lowest BCUT2D eigenvalue weighted by Crippen LogP contribution is -2.16. The summed E-state index contributed by atoms with van der Waals surface area (Å²) in [5.74, 6) is 2.25. The molecule has 0 saturated heterocycles. The molecule has 1 aromatic carbocycles. The molecule has 3 rings (SSSR count). The van der Waals surface area contributed by atoms with Crippen LogP contribution in [0.15, 0.2) is 18.2 Å². The molecule has 1 aliphatic heterocycles.